The predicted octanol–water partition coefficient (Wildman–Crippen LogP) is 9.81. The Morgan fingerprint density at radius 3 is 1.30 bits per heavy atom. The molecule has 0 aliphatic rings. The van der Waals surface area contributed by atoms with Gasteiger partial charge in [-0.05, 0) is 19.3 Å². The Hall–Kier alpha value is -1.63. The van der Waals surface area contributed by atoms with Crippen LogP contribution in [0.2, 0.25) is 0 Å². The third kappa shape index (κ3) is 31.6. The van der Waals surface area contributed by atoms with Gasteiger partial charge in [-0.1, -0.05) is 149 Å². The standard InChI is InChI=1S/C36H68O7/c1-4-7-9-11-13-15-17-19-21-23-25-27-34(37)42-31-33(30-40-32-36(39)41-29-6-3)43-35(38)28-26-24-22-20-18-16-14-12-10-8-5-2/h33H,4-32H2,1-3H3. The van der Waals surface area contributed by atoms with Crippen molar-refractivity contribution in [3.63, 3.8) is 0 Å². The van der Waals surface area contributed by atoms with Gasteiger partial charge in [0.15, 0.2) is 6.10 Å². The highest BCUT2D eigenvalue weighted by molar-refractivity contribution is 5.71. The van der Waals surface area contributed by atoms with Crippen molar-refractivity contribution in [1.82, 2.24) is 0 Å². The zero-order valence-electron chi connectivity index (χ0n) is 28.4. The summed E-state index contributed by atoms with van der Waals surface area (Å²) in [6, 6.07) is 0. The molecule has 0 saturated heterocycles. The highest BCUT2D eigenvalue weighted by atomic mass is 16.6. The Labute approximate surface area is 264 Å². The Bertz CT molecular complexity index is 637. The van der Waals surface area contributed by atoms with Crippen LogP contribution in [0.3, 0.4) is 0 Å². The Kier molecular flexibility index (Phi) is 32.0. The van der Waals surface area contributed by atoms with Crippen LogP contribution in [-0.2, 0) is 33.3 Å². The van der Waals surface area contributed by atoms with Crippen LogP contribution in [0.15, 0.2) is 0 Å². The summed E-state index contributed by atoms with van der Waals surface area (Å²) in [4.78, 5) is 36.5. The lowest BCUT2D eigenvalue weighted by Crippen LogP contribution is -2.31. The molecule has 0 fully saturated rings. The first kappa shape index (κ1) is 41.4. The number of hydrogen-bond acceptors (Lipinski definition) is 7. The van der Waals surface area contributed by atoms with Crippen molar-refractivity contribution in [3.05, 3.63) is 0 Å². The normalized spacial score (nSPS) is 11.8. The first-order valence-corrected chi connectivity index (χ1v) is 18.1. The van der Waals surface area contributed by atoms with E-state index in [-0.39, 0.29) is 31.8 Å². The maximum absolute atomic E-state index is 12.5. The lowest BCUT2D eigenvalue weighted by Gasteiger charge is -2.18. The van der Waals surface area contributed by atoms with Gasteiger partial charge in [0, 0.05) is 12.8 Å². The molecule has 254 valence electrons. The van der Waals surface area contributed by atoms with Crippen LogP contribution in [0.25, 0.3) is 0 Å². The SMILES string of the molecule is CCCCCCCCCCCCCC(=O)OCC(COCC(=O)OCCC)OC(=O)CCCCCCCCCCCCC. The lowest BCUT2D eigenvalue weighted by atomic mass is 10.1. The van der Waals surface area contributed by atoms with Crippen molar-refractivity contribution in [2.24, 2.45) is 0 Å². The van der Waals surface area contributed by atoms with E-state index in [9.17, 15) is 14.4 Å². The van der Waals surface area contributed by atoms with E-state index in [0.29, 0.717) is 19.4 Å². The van der Waals surface area contributed by atoms with E-state index in [4.69, 9.17) is 18.9 Å². The summed E-state index contributed by atoms with van der Waals surface area (Å²) in [5, 5.41) is 0. The molecule has 0 saturated carbocycles. The second-order valence-corrected chi connectivity index (χ2v) is 12.1. The molecular formula is C36H68O7. The number of carbonyl (C=O) groups is 3. The maximum Gasteiger partial charge on any atom is 0.332 e. The molecule has 0 bridgehead atoms. The van der Waals surface area contributed by atoms with Crippen LogP contribution < -0.4 is 0 Å². The monoisotopic (exact) mass is 612 g/mol. The first-order valence-electron chi connectivity index (χ1n) is 18.1. The summed E-state index contributed by atoms with van der Waals surface area (Å²) in [6.07, 6.45) is 27.5. The molecule has 43 heavy (non-hydrogen) atoms. The largest absolute Gasteiger partial charge is 0.464 e. The zero-order chi connectivity index (χ0) is 31.6. The minimum absolute atomic E-state index is 0.0169. The van der Waals surface area contributed by atoms with Crippen molar-refractivity contribution in [3.8, 4) is 0 Å². The Morgan fingerprint density at radius 1 is 0.442 bits per heavy atom. The van der Waals surface area contributed by atoms with Gasteiger partial charge in [-0.15, -0.1) is 0 Å². The molecule has 7 nitrogen and oxygen atoms in total. The number of ether oxygens (including phenoxy) is 4. The van der Waals surface area contributed by atoms with Crippen molar-refractivity contribution >= 4 is 17.9 Å². The van der Waals surface area contributed by atoms with Crippen molar-refractivity contribution in [2.45, 2.75) is 187 Å². The van der Waals surface area contributed by atoms with Gasteiger partial charge in [0.05, 0.1) is 13.2 Å². The highest BCUT2D eigenvalue weighted by Gasteiger charge is 2.18. The van der Waals surface area contributed by atoms with Crippen LogP contribution in [0.4, 0.5) is 0 Å². The molecule has 0 aliphatic heterocycles. The summed E-state index contributed by atoms with van der Waals surface area (Å²) < 4.78 is 21.4. The van der Waals surface area contributed by atoms with E-state index in [0.717, 1.165) is 44.9 Å². The van der Waals surface area contributed by atoms with Gasteiger partial charge in [0.1, 0.15) is 13.2 Å². The van der Waals surface area contributed by atoms with Crippen molar-refractivity contribution in [1.29, 1.82) is 0 Å². The fourth-order valence-electron chi connectivity index (χ4n) is 5.02. The van der Waals surface area contributed by atoms with Gasteiger partial charge < -0.3 is 18.9 Å². The van der Waals surface area contributed by atoms with Crippen molar-refractivity contribution < 1.29 is 33.3 Å². The van der Waals surface area contributed by atoms with E-state index in [1.54, 1.807) is 0 Å². The molecule has 0 aromatic rings. The second kappa shape index (κ2) is 33.3. The molecule has 0 radical (unpaired) electrons. The van der Waals surface area contributed by atoms with Gasteiger partial charge in [-0.25, -0.2) is 4.79 Å². The van der Waals surface area contributed by atoms with Crippen LogP contribution in [-0.4, -0.2) is 50.4 Å². The topological polar surface area (TPSA) is 88.1 Å². The first-order chi connectivity index (χ1) is 21.0. The van der Waals surface area contributed by atoms with Crippen LogP contribution in [0.5, 0.6) is 0 Å². The molecular weight excluding hydrogens is 544 g/mol. The Morgan fingerprint density at radius 2 is 0.860 bits per heavy atom. The minimum Gasteiger partial charge on any atom is -0.464 e. The minimum atomic E-state index is -0.736. The summed E-state index contributed by atoms with van der Waals surface area (Å²) >= 11 is 0. The Balaban J connectivity index is 4.17. The third-order valence-corrected chi connectivity index (χ3v) is 7.69. The molecule has 0 aliphatic carbocycles. The predicted molar refractivity (Wildman–Crippen MR) is 175 cm³/mol. The van der Waals surface area contributed by atoms with E-state index < -0.39 is 12.1 Å². The second-order valence-electron chi connectivity index (χ2n) is 12.1. The van der Waals surface area contributed by atoms with Gasteiger partial charge >= 0.3 is 17.9 Å². The van der Waals surface area contributed by atoms with E-state index in [1.165, 1.54) is 103 Å². The third-order valence-electron chi connectivity index (χ3n) is 7.69. The highest BCUT2D eigenvalue weighted by Crippen LogP contribution is 2.14. The number of carbonyl (C=O) groups excluding carboxylic acids is 3. The molecule has 1 unspecified atom stereocenters. The summed E-state index contributed by atoms with van der Waals surface area (Å²) in [5.41, 5.74) is 0. The fourth-order valence-corrected chi connectivity index (χ4v) is 5.02. The van der Waals surface area contributed by atoms with Crippen LogP contribution >= 0.6 is 0 Å². The molecule has 1 atom stereocenters. The molecule has 0 spiro atoms. The maximum atomic E-state index is 12.5. The molecule has 7 heteroatoms. The molecule has 0 aromatic heterocycles. The molecule has 0 N–H and O–H groups in total. The van der Waals surface area contributed by atoms with Gasteiger partial charge in [-0.3, -0.25) is 9.59 Å². The van der Waals surface area contributed by atoms with Gasteiger partial charge in [-0.2, -0.15) is 0 Å². The van der Waals surface area contributed by atoms with Gasteiger partial charge in [0.2, 0.25) is 0 Å². The van der Waals surface area contributed by atoms with Crippen molar-refractivity contribution in [2.75, 3.05) is 26.4 Å². The quantitative estimate of drug-likeness (QED) is 0.0414. The summed E-state index contributed by atoms with van der Waals surface area (Å²) in [6.45, 7) is 6.45. The van der Waals surface area contributed by atoms with E-state index in [2.05, 4.69) is 13.8 Å². The van der Waals surface area contributed by atoms with Gasteiger partial charge in [0.25, 0.3) is 0 Å². The molecule has 0 aromatic carbocycles. The number of esters is 3. The summed E-state index contributed by atoms with van der Waals surface area (Å²) in [7, 11) is 0. The lowest BCUT2D eigenvalue weighted by molar-refractivity contribution is -0.165. The summed E-state index contributed by atoms with van der Waals surface area (Å²) in [5.74, 6) is -1.06. The van der Waals surface area contributed by atoms with Crippen LogP contribution in [0, 0.1) is 0 Å². The van der Waals surface area contributed by atoms with E-state index in [1.807, 2.05) is 6.92 Å². The van der Waals surface area contributed by atoms with E-state index >= 15 is 0 Å². The zero-order valence-corrected chi connectivity index (χ0v) is 28.4. The average Bonchev–Trinajstić information content (AvgIpc) is 3.00. The van der Waals surface area contributed by atoms with Crippen LogP contribution in [0.1, 0.15) is 181 Å². The number of rotatable bonds is 33. The fraction of sp³-hybridized carbons (Fsp3) is 0.917. The average molecular weight is 613 g/mol. The number of unbranched alkanes of at least 4 members (excludes halogenated alkanes) is 20. The molecule has 0 amide bonds. The molecule has 0 heterocycles. The number of hydrogen-bond donors (Lipinski definition) is 0. The molecule has 0 rings (SSSR count). The smallest absolute Gasteiger partial charge is 0.332 e.